The average Bonchev–Trinajstić information content (AvgIpc) is 3.69. The highest BCUT2D eigenvalue weighted by molar-refractivity contribution is 5.86. The maximum Gasteiger partial charge on any atom is 0.259 e. The van der Waals surface area contributed by atoms with E-state index < -0.39 is 0 Å². The number of rotatable bonds is 5. The van der Waals surface area contributed by atoms with Crippen LogP contribution in [0.1, 0.15) is 12.8 Å². The van der Waals surface area contributed by atoms with Crippen LogP contribution < -0.4 is 20.3 Å². The van der Waals surface area contributed by atoms with Crippen LogP contribution in [0.4, 0.5) is 17.6 Å². The van der Waals surface area contributed by atoms with Gasteiger partial charge in [0.05, 0.1) is 19.1 Å². The summed E-state index contributed by atoms with van der Waals surface area (Å²) in [4.78, 5) is 33.2. The third kappa shape index (κ3) is 3.84. The zero-order chi connectivity index (χ0) is 24.6. The van der Waals surface area contributed by atoms with Crippen LogP contribution in [0, 0.1) is 0 Å². The zero-order valence-corrected chi connectivity index (χ0v) is 19.9. The number of piperazine rings is 1. The topological polar surface area (TPSA) is 131 Å². The van der Waals surface area contributed by atoms with E-state index in [1.165, 1.54) is 4.52 Å². The molecule has 0 unspecified atom stereocenters. The van der Waals surface area contributed by atoms with Gasteiger partial charge in [0.2, 0.25) is 23.6 Å². The van der Waals surface area contributed by atoms with Crippen molar-refractivity contribution in [1.82, 2.24) is 29.5 Å². The second kappa shape index (κ2) is 9.02. The van der Waals surface area contributed by atoms with Crippen LogP contribution in [0.2, 0.25) is 0 Å². The van der Waals surface area contributed by atoms with Crippen molar-refractivity contribution in [2.75, 3.05) is 55.4 Å². The number of hydrogen-bond acceptors (Lipinski definition) is 10. The van der Waals surface area contributed by atoms with Crippen LogP contribution >= 0.6 is 0 Å². The standard InChI is InChI=1S/C24H27N9O3/c1-35-18-8-3-2-6-16(18)30-11-13-31(14-12-30)21(34)17-7-4-10-32(17)23-27-22(25)33-24(28-23)26-20(29-33)19-9-5-15-36-19/h2-3,5-6,8-9,15,17H,4,7,10-14H2,1H3,(H2,25,26,27,28,29)/t17-/m0/s1. The van der Waals surface area contributed by atoms with E-state index in [-0.39, 0.29) is 17.9 Å². The molecule has 0 saturated carbocycles. The number of nitrogens with two attached hydrogens (primary N) is 1. The molecule has 2 aliphatic heterocycles. The molecule has 2 fully saturated rings. The van der Waals surface area contributed by atoms with Crippen molar-refractivity contribution in [3.8, 4) is 17.3 Å². The average molecular weight is 490 g/mol. The number of anilines is 3. The summed E-state index contributed by atoms with van der Waals surface area (Å²) in [5.41, 5.74) is 7.24. The highest BCUT2D eigenvalue weighted by Crippen LogP contribution is 2.30. The first-order valence-electron chi connectivity index (χ1n) is 12.0. The molecule has 2 aliphatic rings. The summed E-state index contributed by atoms with van der Waals surface area (Å²) in [6, 6.07) is 11.2. The van der Waals surface area contributed by atoms with Gasteiger partial charge in [0.15, 0.2) is 5.76 Å². The number of fused-ring (bicyclic) bond motifs is 1. The number of amides is 1. The third-order valence-corrected chi connectivity index (χ3v) is 6.78. The number of nitrogen functional groups attached to an aromatic ring is 1. The molecule has 4 aromatic rings. The molecular weight excluding hydrogens is 462 g/mol. The number of para-hydroxylation sites is 2. The quantitative estimate of drug-likeness (QED) is 0.442. The van der Waals surface area contributed by atoms with Crippen LogP contribution in [-0.4, -0.2) is 81.2 Å². The number of furan rings is 1. The molecule has 2 N–H and O–H groups in total. The van der Waals surface area contributed by atoms with E-state index >= 15 is 0 Å². The van der Waals surface area contributed by atoms with Crippen molar-refractivity contribution in [1.29, 1.82) is 0 Å². The van der Waals surface area contributed by atoms with E-state index in [0.29, 0.717) is 42.9 Å². The molecular formula is C24H27N9O3. The first-order chi connectivity index (χ1) is 17.6. The molecule has 12 nitrogen and oxygen atoms in total. The van der Waals surface area contributed by atoms with E-state index in [1.54, 1.807) is 25.5 Å². The van der Waals surface area contributed by atoms with Gasteiger partial charge in [-0.05, 0) is 37.1 Å². The highest BCUT2D eigenvalue weighted by atomic mass is 16.5. The Hall–Kier alpha value is -4.35. The summed E-state index contributed by atoms with van der Waals surface area (Å²) in [5, 5.41) is 4.35. The van der Waals surface area contributed by atoms with Crippen LogP contribution in [0.5, 0.6) is 5.75 Å². The van der Waals surface area contributed by atoms with Gasteiger partial charge in [-0.25, -0.2) is 0 Å². The van der Waals surface area contributed by atoms with Gasteiger partial charge in [-0.1, -0.05) is 12.1 Å². The van der Waals surface area contributed by atoms with Crippen molar-refractivity contribution in [3.63, 3.8) is 0 Å². The predicted molar refractivity (Wildman–Crippen MR) is 133 cm³/mol. The molecule has 3 aromatic heterocycles. The molecule has 2 saturated heterocycles. The van der Waals surface area contributed by atoms with Gasteiger partial charge in [0, 0.05) is 32.7 Å². The van der Waals surface area contributed by atoms with Gasteiger partial charge in [-0.3, -0.25) is 4.79 Å². The number of benzene rings is 1. The van der Waals surface area contributed by atoms with Gasteiger partial charge >= 0.3 is 0 Å². The summed E-state index contributed by atoms with van der Waals surface area (Å²) in [6.45, 7) is 3.43. The Kier molecular flexibility index (Phi) is 5.55. The fourth-order valence-electron chi connectivity index (χ4n) is 4.97. The molecule has 0 spiro atoms. The minimum absolute atomic E-state index is 0.0898. The maximum atomic E-state index is 13.6. The van der Waals surface area contributed by atoms with Crippen molar-refractivity contribution in [2.45, 2.75) is 18.9 Å². The minimum Gasteiger partial charge on any atom is -0.495 e. The second-order valence-corrected chi connectivity index (χ2v) is 8.84. The molecule has 1 atom stereocenters. The number of carbonyl (C=O) groups is 1. The minimum atomic E-state index is -0.336. The van der Waals surface area contributed by atoms with Crippen LogP contribution in [-0.2, 0) is 4.79 Å². The van der Waals surface area contributed by atoms with Gasteiger partial charge < -0.3 is 29.6 Å². The Bertz CT molecular complexity index is 1380. The Morgan fingerprint density at radius 1 is 1.06 bits per heavy atom. The number of nitrogens with zero attached hydrogens (tertiary/aromatic N) is 8. The number of aromatic nitrogens is 5. The summed E-state index contributed by atoms with van der Waals surface area (Å²) in [7, 11) is 1.68. The fourth-order valence-corrected chi connectivity index (χ4v) is 4.97. The molecule has 5 heterocycles. The van der Waals surface area contributed by atoms with Crippen LogP contribution in [0.25, 0.3) is 17.4 Å². The fraction of sp³-hybridized carbons (Fsp3) is 0.375. The highest BCUT2D eigenvalue weighted by Gasteiger charge is 2.37. The van der Waals surface area contributed by atoms with E-state index in [9.17, 15) is 4.79 Å². The molecule has 0 radical (unpaired) electrons. The zero-order valence-electron chi connectivity index (χ0n) is 19.9. The van der Waals surface area contributed by atoms with E-state index in [4.69, 9.17) is 14.9 Å². The SMILES string of the molecule is COc1ccccc1N1CCN(C(=O)[C@@H]2CCCN2c2nc(N)n3nc(-c4ccco4)nc3n2)CC1. The van der Waals surface area contributed by atoms with E-state index in [2.05, 4.69) is 31.0 Å². The number of methoxy groups -OCH3 is 1. The summed E-state index contributed by atoms with van der Waals surface area (Å²) in [6.07, 6.45) is 3.17. The third-order valence-electron chi connectivity index (χ3n) is 6.78. The first kappa shape index (κ1) is 22.1. The van der Waals surface area contributed by atoms with E-state index in [0.717, 1.165) is 37.4 Å². The monoisotopic (exact) mass is 489 g/mol. The Labute approximate surface area is 207 Å². The van der Waals surface area contributed by atoms with Crippen molar-refractivity contribution < 1.29 is 13.9 Å². The van der Waals surface area contributed by atoms with Gasteiger partial charge in [0.1, 0.15) is 11.8 Å². The molecule has 1 aromatic carbocycles. The largest absolute Gasteiger partial charge is 0.495 e. The summed E-state index contributed by atoms with van der Waals surface area (Å²) >= 11 is 0. The van der Waals surface area contributed by atoms with Crippen molar-refractivity contribution in [3.05, 3.63) is 42.7 Å². The lowest BCUT2D eigenvalue weighted by molar-refractivity contribution is -0.132. The lowest BCUT2D eigenvalue weighted by atomic mass is 10.1. The van der Waals surface area contributed by atoms with E-state index in [1.807, 2.05) is 28.0 Å². The van der Waals surface area contributed by atoms with Gasteiger partial charge in [-0.15, -0.1) is 5.10 Å². The molecule has 0 bridgehead atoms. The smallest absolute Gasteiger partial charge is 0.259 e. The number of ether oxygens (including phenoxy) is 1. The molecule has 0 aliphatic carbocycles. The Balaban J connectivity index is 1.19. The second-order valence-electron chi connectivity index (χ2n) is 8.84. The van der Waals surface area contributed by atoms with Crippen molar-refractivity contribution in [2.24, 2.45) is 0 Å². The molecule has 36 heavy (non-hydrogen) atoms. The number of hydrogen-bond donors (Lipinski definition) is 1. The Morgan fingerprint density at radius 2 is 1.89 bits per heavy atom. The first-order valence-corrected chi connectivity index (χ1v) is 12.0. The van der Waals surface area contributed by atoms with Gasteiger partial charge in [-0.2, -0.15) is 19.5 Å². The molecule has 1 amide bonds. The predicted octanol–water partition coefficient (Wildman–Crippen LogP) is 1.69. The molecule has 12 heteroatoms. The van der Waals surface area contributed by atoms with Crippen LogP contribution in [0.3, 0.4) is 0 Å². The van der Waals surface area contributed by atoms with Crippen LogP contribution in [0.15, 0.2) is 47.1 Å². The van der Waals surface area contributed by atoms with Gasteiger partial charge in [0.25, 0.3) is 5.78 Å². The lowest BCUT2D eigenvalue weighted by Crippen LogP contribution is -2.54. The lowest BCUT2D eigenvalue weighted by Gasteiger charge is -2.38. The molecule has 186 valence electrons. The normalized spacial score (nSPS) is 18.2. The molecule has 6 rings (SSSR count). The number of carbonyl (C=O) groups excluding carboxylic acids is 1. The maximum absolute atomic E-state index is 13.6. The summed E-state index contributed by atoms with van der Waals surface area (Å²) < 4.78 is 12.3. The van der Waals surface area contributed by atoms with Crippen molar-refractivity contribution >= 4 is 29.3 Å². The summed E-state index contributed by atoms with van der Waals surface area (Å²) in [5.74, 6) is 2.68. The Morgan fingerprint density at radius 3 is 2.67 bits per heavy atom.